The van der Waals surface area contributed by atoms with Gasteiger partial charge in [0.15, 0.2) is 17.6 Å². The number of fused-ring (bicyclic) bond motifs is 1. The molecule has 0 aliphatic heterocycles. The molecular formula is C26H26F4IN5O3S. The molecule has 3 heterocycles. The molecule has 3 aromatic heterocycles. The molecule has 4 rings (SSSR count). The molecule has 214 valence electrons. The van der Waals surface area contributed by atoms with Crippen LogP contribution in [0, 0.1) is 21.7 Å². The molecule has 0 fully saturated rings. The first-order valence-electron chi connectivity index (χ1n) is 12.0. The molecule has 0 bridgehead atoms. The molecule has 0 radical (unpaired) electrons. The summed E-state index contributed by atoms with van der Waals surface area (Å²) in [7, 11) is -4.14. The number of hydrogen-bond acceptors (Lipinski definition) is 7. The second kappa shape index (κ2) is 10.9. The van der Waals surface area contributed by atoms with Crippen molar-refractivity contribution in [3.8, 4) is 11.4 Å². The fourth-order valence-electron chi connectivity index (χ4n) is 3.99. The van der Waals surface area contributed by atoms with Crippen molar-refractivity contribution in [2.75, 3.05) is 5.32 Å². The summed E-state index contributed by atoms with van der Waals surface area (Å²) < 4.78 is 82.1. The predicted molar refractivity (Wildman–Crippen MR) is 151 cm³/mol. The van der Waals surface area contributed by atoms with Crippen LogP contribution in [0.3, 0.4) is 0 Å². The molecule has 0 spiro atoms. The highest BCUT2D eigenvalue weighted by Crippen LogP contribution is 2.35. The lowest BCUT2D eigenvalue weighted by Gasteiger charge is -2.34. The summed E-state index contributed by atoms with van der Waals surface area (Å²) in [5.41, 5.74) is 0.251. The number of aromatic nitrogens is 4. The van der Waals surface area contributed by atoms with E-state index in [1.54, 1.807) is 32.9 Å². The number of alkyl halides is 3. The van der Waals surface area contributed by atoms with Crippen LogP contribution in [0.15, 0.2) is 53.8 Å². The standard InChI is InChI=1S/C26H26F4IN5O3S/c1-14-5-7-16(8-6-14)40(38,39)36-13-18(17-9-15(27)11-33-24(17)36)22-32-12-19(31)23(35-22)34-20(25(2,3)4)10-21(37)26(28,29)30/h5-9,11-13,20-21,37H,10H2,1-4H3,(H,32,34,35)/t20-,21?/m1/s1. The van der Waals surface area contributed by atoms with Crippen LogP contribution in [0.2, 0.25) is 0 Å². The van der Waals surface area contributed by atoms with E-state index >= 15 is 0 Å². The lowest BCUT2D eigenvalue weighted by atomic mass is 9.83. The zero-order valence-corrected chi connectivity index (χ0v) is 24.8. The summed E-state index contributed by atoms with van der Waals surface area (Å²) >= 11 is 1.91. The Balaban J connectivity index is 1.82. The Morgan fingerprint density at radius 3 is 2.35 bits per heavy atom. The maximum absolute atomic E-state index is 14.3. The van der Waals surface area contributed by atoms with E-state index in [1.807, 2.05) is 29.5 Å². The van der Waals surface area contributed by atoms with Crippen LogP contribution >= 0.6 is 22.6 Å². The van der Waals surface area contributed by atoms with Crippen molar-refractivity contribution in [2.24, 2.45) is 5.41 Å². The molecule has 0 aliphatic rings. The van der Waals surface area contributed by atoms with Crippen LogP contribution in [0.4, 0.5) is 23.4 Å². The quantitative estimate of drug-likeness (QED) is 0.183. The number of hydrogen-bond donors (Lipinski definition) is 2. The van der Waals surface area contributed by atoms with E-state index in [4.69, 9.17) is 0 Å². The van der Waals surface area contributed by atoms with E-state index in [9.17, 15) is 31.1 Å². The first-order chi connectivity index (χ1) is 18.5. The largest absolute Gasteiger partial charge is 0.414 e. The third-order valence-corrected chi connectivity index (χ3v) is 8.79. The topological polar surface area (TPSA) is 110 Å². The summed E-state index contributed by atoms with van der Waals surface area (Å²) in [5, 5.41) is 12.9. The summed E-state index contributed by atoms with van der Waals surface area (Å²) in [6.45, 7) is 6.99. The number of rotatable bonds is 7. The van der Waals surface area contributed by atoms with Crippen molar-refractivity contribution in [1.82, 2.24) is 18.9 Å². The minimum absolute atomic E-state index is 0.00204. The maximum Gasteiger partial charge on any atom is 0.414 e. The van der Waals surface area contributed by atoms with Gasteiger partial charge >= 0.3 is 6.18 Å². The van der Waals surface area contributed by atoms with E-state index in [2.05, 4.69) is 20.3 Å². The van der Waals surface area contributed by atoms with Crippen LogP contribution < -0.4 is 5.32 Å². The number of pyridine rings is 1. The second-order valence-electron chi connectivity index (χ2n) is 10.4. The van der Waals surface area contributed by atoms with Crippen LogP contribution in [0.5, 0.6) is 0 Å². The molecule has 0 saturated heterocycles. The molecule has 2 N–H and O–H groups in total. The first-order valence-corrected chi connectivity index (χ1v) is 14.5. The van der Waals surface area contributed by atoms with Gasteiger partial charge in [-0.15, -0.1) is 0 Å². The van der Waals surface area contributed by atoms with Gasteiger partial charge < -0.3 is 10.4 Å². The highest BCUT2D eigenvalue weighted by Gasteiger charge is 2.42. The van der Waals surface area contributed by atoms with Crippen LogP contribution in [0.25, 0.3) is 22.4 Å². The molecule has 1 aromatic carbocycles. The maximum atomic E-state index is 14.3. The Bertz CT molecular complexity index is 1650. The molecule has 40 heavy (non-hydrogen) atoms. The summed E-state index contributed by atoms with van der Waals surface area (Å²) in [6, 6.07) is 6.45. The minimum atomic E-state index is -4.79. The number of nitrogens with zero attached hydrogens (tertiary/aromatic N) is 4. The van der Waals surface area contributed by atoms with Gasteiger partial charge in [-0.1, -0.05) is 38.5 Å². The Morgan fingerprint density at radius 2 is 1.75 bits per heavy atom. The number of halogens is 5. The molecule has 2 atom stereocenters. The van der Waals surface area contributed by atoms with Gasteiger partial charge in [0.1, 0.15) is 11.6 Å². The molecule has 0 saturated carbocycles. The van der Waals surface area contributed by atoms with Crippen molar-refractivity contribution >= 4 is 49.5 Å². The number of nitrogens with one attached hydrogen (secondary N) is 1. The normalized spacial score (nSPS) is 14.3. The summed E-state index contributed by atoms with van der Waals surface area (Å²) in [6.07, 6.45) is -4.43. The third-order valence-electron chi connectivity index (χ3n) is 6.33. The van der Waals surface area contributed by atoms with Gasteiger partial charge in [0, 0.05) is 35.8 Å². The number of benzene rings is 1. The Morgan fingerprint density at radius 1 is 1.10 bits per heavy atom. The fourth-order valence-corrected chi connectivity index (χ4v) is 5.73. The lowest BCUT2D eigenvalue weighted by molar-refractivity contribution is -0.207. The van der Waals surface area contributed by atoms with Gasteiger partial charge in [0.05, 0.1) is 14.7 Å². The SMILES string of the molecule is Cc1ccc(S(=O)(=O)n2cc(-c3ncc(I)c(N[C@H](CC(O)C(F)(F)F)C(C)(C)C)n3)c3cc(F)cnc32)cc1. The van der Waals surface area contributed by atoms with Crippen LogP contribution in [-0.2, 0) is 10.0 Å². The number of aliphatic hydroxyl groups is 1. The third kappa shape index (κ3) is 6.22. The van der Waals surface area contributed by atoms with Crippen molar-refractivity contribution in [3.63, 3.8) is 0 Å². The molecule has 1 unspecified atom stereocenters. The van der Waals surface area contributed by atoms with E-state index in [-0.39, 0.29) is 33.1 Å². The van der Waals surface area contributed by atoms with Gasteiger partial charge in [0.2, 0.25) is 0 Å². The van der Waals surface area contributed by atoms with Crippen molar-refractivity contribution in [3.05, 3.63) is 63.9 Å². The number of aliphatic hydroxyl groups excluding tert-OH is 1. The average Bonchev–Trinajstić information content (AvgIpc) is 3.23. The summed E-state index contributed by atoms with van der Waals surface area (Å²) in [4.78, 5) is 12.8. The fraction of sp³-hybridized carbons (Fsp3) is 0.346. The molecule has 8 nitrogen and oxygen atoms in total. The van der Waals surface area contributed by atoms with Crippen molar-refractivity contribution < 1.29 is 31.1 Å². The molecule has 14 heteroatoms. The molecular weight excluding hydrogens is 665 g/mol. The minimum Gasteiger partial charge on any atom is -0.384 e. The zero-order valence-electron chi connectivity index (χ0n) is 21.8. The van der Waals surface area contributed by atoms with Gasteiger partial charge in [-0.05, 0) is 53.1 Å². The Kier molecular flexibility index (Phi) is 8.17. The monoisotopic (exact) mass is 691 g/mol. The van der Waals surface area contributed by atoms with Crippen LogP contribution in [-0.4, -0.2) is 50.8 Å². The smallest absolute Gasteiger partial charge is 0.384 e. The highest BCUT2D eigenvalue weighted by atomic mass is 127. The predicted octanol–water partition coefficient (Wildman–Crippen LogP) is 5.92. The number of aryl methyl sites for hydroxylation is 1. The van der Waals surface area contributed by atoms with E-state index < -0.39 is 46.0 Å². The molecule has 0 aliphatic carbocycles. The Labute approximate surface area is 242 Å². The van der Waals surface area contributed by atoms with E-state index in [0.29, 0.717) is 3.57 Å². The lowest BCUT2D eigenvalue weighted by Crippen LogP contribution is -2.42. The summed E-state index contributed by atoms with van der Waals surface area (Å²) in [5.74, 6) is -0.536. The van der Waals surface area contributed by atoms with Gasteiger partial charge in [0.25, 0.3) is 10.0 Å². The van der Waals surface area contributed by atoms with E-state index in [1.165, 1.54) is 24.5 Å². The second-order valence-corrected chi connectivity index (χ2v) is 13.4. The zero-order chi connectivity index (χ0) is 29.6. The average molecular weight is 691 g/mol. The molecule has 0 amide bonds. The first kappa shape index (κ1) is 30.1. The highest BCUT2D eigenvalue weighted by molar-refractivity contribution is 14.1. The van der Waals surface area contributed by atoms with Crippen molar-refractivity contribution in [2.45, 2.75) is 57.3 Å². The van der Waals surface area contributed by atoms with Crippen LogP contribution in [0.1, 0.15) is 32.8 Å². The molecule has 4 aromatic rings. The van der Waals surface area contributed by atoms with Gasteiger partial charge in [-0.3, -0.25) is 0 Å². The number of anilines is 1. The van der Waals surface area contributed by atoms with Gasteiger partial charge in [-0.25, -0.2) is 31.7 Å². The van der Waals surface area contributed by atoms with Gasteiger partial charge in [-0.2, -0.15) is 13.2 Å². The van der Waals surface area contributed by atoms with Crippen molar-refractivity contribution in [1.29, 1.82) is 0 Å². The Hall–Kier alpha value is -2.85. The van der Waals surface area contributed by atoms with E-state index in [0.717, 1.165) is 21.8 Å².